The summed E-state index contributed by atoms with van der Waals surface area (Å²) >= 11 is 0. The SMILES string of the molecule is CCc1cccc(CC)c1-c1cc(Oc2ccc3c4ccccc4n(-c4cc(C(C)(C)C)ccn4)c3c2)cc(N2CN(c3c(-c4ccc(F)cc4)cc(C(C)(C)C)cc3-c3ccc(F)cc3)c3ccccc32)c1. The minimum atomic E-state index is -0.298. The van der Waals surface area contributed by atoms with Crippen LogP contribution in [-0.4, -0.2) is 16.2 Å². The highest BCUT2D eigenvalue weighted by Gasteiger charge is 2.33. The fourth-order valence-corrected chi connectivity index (χ4v) is 10.6. The highest BCUT2D eigenvalue weighted by atomic mass is 19.1. The number of halogens is 2. The van der Waals surface area contributed by atoms with Gasteiger partial charge in [0.2, 0.25) is 0 Å². The lowest BCUT2D eigenvalue weighted by Gasteiger charge is -2.30. The average molecular weight is 963 g/mol. The van der Waals surface area contributed by atoms with Crippen LogP contribution in [0.25, 0.3) is 61.0 Å². The molecule has 2 aromatic heterocycles. The molecule has 0 radical (unpaired) electrons. The monoisotopic (exact) mass is 962 g/mol. The van der Waals surface area contributed by atoms with Gasteiger partial charge >= 0.3 is 0 Å². The summed E-state index contributed by atoms with van der Waals surface area (Å²) in [7, 11) is 0. The first-order chi connectivity index (χ1) is 35.2. The van der Waals surface area contributed by atoms with Crippen molar-refractivity contribution in [3.05, 3.63) is 216 Å². The van der Waals surface area contributed by atoms with Crippen molar-refractivity contribution in [1.82, 2.24) is 9.55 Å². The Morgan fingerprint density at radius 3 is 1.71 bits per heavy atom. The van der Waals surface area contributed by atoms with E-state index in [1.807, 2.05) is 30.5 Å². The molecule has 5 nitrogen and oxygen atoms in total. The Bertz CT molecular complexity index is 3620. The van der Waals surface area contributed by atoms with Gasteiger partial charge in [-0.1, -0.05) is 128 Å². The molecule has 1 aliphatic heterocycles. The summed E-state index contributed by atoms with van der Waals surface area (Å²) < 4.78 is 38.8. The molecule has 10 aromatic rings. The molecule has 364 valence electrons. The Labute approximate surface area is 428 Å². The predicted octanol–water partition coefficient (Wildman–Crippen LogP) is 18.2. The molecule has 0 atom stereocenters. The Balaban J connectivity index is 1.09. The minimum absolute atomic E-state index is 0.0545. The fourth-order valence-electron chi connectivity index (χ4n) is 10.6. The Hall–Kier alpha value is -8.03. The number of nitrogens with zero attached hydrogens (tertiary/aromatic N) is 4. The van der Waals surface area contributed by atoms with Gasteiger partial charge in [0, 0.05) is 45.9 Å². The first kappa shape index (κ1) is 47.3. The number of fused-ring (bicyclic) bond motifs is 4. The summed E-state index contributed by atoms with van der Waals surface area (Å²) in [6, 6.07) is 59.0. The first-order valence-corrected chi connectivity index (χ1v) is 25.5. The van der Waals surface area contributed by atoms with Crippen LogP contribution in [0.5, 0.6) is 11.5 Å². The van der Waals surface area contributed by atoms with E-state index in [2.05, 4.69) is 197 Å². The molecule has 0 spiro atoms. The van der Waals surface area contributed by atoms with Gasteiger partial charge in [-0.3, -0.25) is 4.57 Å². The second kappa shape index (κ2) is 18.5. The van der Waals surface area contributed by atoms with E-state index in [-0.39, 0.29) is 22.5 Å². The number of ether oxygens (including phenoxy) is 1. The first-order valence-electron chi connectivity index (χ1n) is 25.5. The van der Waals surface area contributed by atoms with E-state index < -0.39 is 0 Å². The van der Waals surface area contributed by atoms with Crippen LogP contribution in [0.2, 0.25) is 0 Å². The largest absolute Gasteiger partial charge is 0.457 e. The summed E-state index contributed by atoms with van der Waals surface area (Å²) in [6.07, 6.45) is 3.66. The topological polar surface area (TPSA) is 33.5 Å². The van der Waals surface area contributed by atoms with Crippen molar-refractivity contribution >= 4 is 44.6 Å². The highest BCUT2D eigenvalue weighted by molar-refractivity contribution is 6.09. The van der Waals surface area contributed by atoms with E-state index in [1.165, 1.54) is 46.5 Å². The molecule has 8 aromatic carbocycles. The molecule has 0 bridgehead atoms. The lowest BCUT2D eigenvalue weighted by Crippen LogP contribution is -2.25. The van der Waals surface area contributed by atoms with Crippen molar-refractivity contribution in [3.63, 3.8) is 0 Å². The van der Waals surface area contributed by atoms with Crippen LogP contribution < -0.4 is 14.5 Å². The third kappa shape index (κ3) is 8.81. The molecule has 0 amide bonds. The van der Waals surface area contributed by atoms with Gasteiger partial charge in [0.05, 0.1) is 28.1 Å². The van der Waals surface area contributed by atoms with Gasteiger partial charge in [0.1, 0.15) is 35.6 Å². The Morgan fingerprint density at radius 1 is 0.507 bits per heavy atom. The molecule has 0 aliphatic carbocycles. The van der Waals surface area contributed by atoms with Crippen LogP contribution in [0.3, 0.4) is 0 Å². The third-order valence-corrected chi connectivity index (χ3v) is 14.5. The van der Waals surface area contributed by atoms with Gasteiger partial charge in [-0.15, -0.1) is 0 Å². The van der Waals surface area contributed by atoms with Crippen molar-refractivity contribution in [3.8, 4) is 50.7 Å². The second-order valence-corrected chi connectivity index (χ2v) is 21.3. The van der Waals surface area contributed by atoms with Crippen molar-refractivity contribution < 1.29 is 13.5 Å². The standard InChI is InChI=1S/C66H60F2N4O/c1-9-42-16-15-17-43(10-2)63(42)46-34-51(39-53(35-46)73-52-30-31-55-54-18-11-12-19-58(54)72(61(55)40-52)62-38-47(32-33-69-62)65(3,4)5)70-41-71(60-21-14-13-20-59(60)70)64-56(44-22-26-49(67)27-23-44)36-48(66(6,7)8)37-57(64)45-24-28-50(68)29-25-45/h11-40H,9-10,41H2,1-8H3. The van der Waals surface area contributed by atoms with Crippen molar-refractivity contribution in [2.45, 2.75) is 79.1 Å². The number of para-hydroxylation sites is 3. The number of hydrogen-bond acceptors (Lipinski definition) is 4. The number of anilines is 4. The molecule has 0 fully saturated rings. The van der Waals surface area contributed by atoms with Gasteiger partial charge in [0.15, 0.2) is 0 Å². The van der Waals surface area contributed by atoms with Crippen molar-refractivity contribution in [1.29, 1.82) is 0 Å². The van der Waals surface area contributed by atoms with Crippen LogP contribution in [0.4, 0.5) is 31.5 Å². The molecule has 0 saturated carbocycles. The Morgan fingerprint density at radius 2 is 1.10 bits per heavy atom. The van der Waals surface area contributed by atoms with Crippen LogP contribution in [0, 0.1) is 11.6 Å². The number of aryl methyl sites for hydroxylation is 2. The maximum absolute atomic E-state index is 14.7. The van der Waals surface area contributed by atoms with Gasteiger partial charge in [-0.25, -0.2) is 13.8 Å². The van der Waals surface area contributed by atoms with E-state index in [4.69, 9.17) is 9.72 Å². The second-order valence-electron chi connectivity index (χ2n) is 21.3. The van der Waals surface area contributed by atoms with Gasteiger partial charge in [0.25, 0.3) is 0 Å². The molecule has 7 heteroatoms. The zero-order valence-electron chi connectivity index (χ0n) is 42.9. The van der Waals surface area contributed by atoms with Crippen molar-refractivity contribution in [2.24, 2.45) is 0 Å². The zero-order chi connectivity index (χ0) is 50.8. The molecule has 3 heterocycles. The van der Waals surface area contributed by atoms with E-state index in [9.17, 15) is 8.78 Å². The maximum atomic E-state index is 14.7. The predicted molar refractivity (Wildman–Crippen MR) is 300 cm³/mol. The van der Waals surface area contributed by atoms with Crippen LogP contribution >= 0.6 is 0 Å². The molecule has 73 heavy (non-hydrogen) atoms. The average Bonchev–Trinajstić information content (AvgIpc) is 3.94. The summed E-state index contributed by atoms with van der Waals surface area (Å²) in [5.41, 5.74) is 16.6. The van der Waals surface area contributed by atoms with E-state index >= 15 is 0 Å². The summed E-state index contributed by atoms with van der Waals surface area (Å²) in [5.74, 6) is 1.68. The fraction of sp³-hybridized carbons (Fsp3) is 0.197. The normalized spacial score (nSPS) is 12.8. The molecule has 0 unspecified atom stereocenters. The third-order valence-electron chi connectivity index (χ3n) is 14.5. The smallest absolute Gasteiger partial charge is 0.137 e. The van der Waals surface area contributed by atoms with Crippen molar-refractivity contribution in [2.75, 3.05) is 16.5 Å². The molecular weight excluding hydrogens is 903 g/mol. The summed E-state index contributed by atoms with van der Waals surface area (Å²) in [5, 5.41) is 2.27. The highest BCUT2D eigenvalue weighted by Crippen LogP contribution is 2.52. The quantitative estimate of drug-likeness (QED) is 0.137. The van der Waals surface area contributed by atoms with Crippen LogP contribution in [0.1, 0.15) is 77.6 Å². The lowest BCUT2D eigenvalue weighted by atomic mass is 9.82. The van der Waals surface area contributed by atoms with Gasteiger partial charge in [-0.05, 0) is 159 Å². The number of rotatable bonds is 10. The van der Waals surface area contributed by atoms with Crippen LogP contribution in [0.15, 0.2) is 182 Å². The number of aromatic nitrogens is 2. The molecule has 0 saturated heterocycles. The number of hydrogen-bond donors (Lipinski definition) is 0. The molecular formula is C66H60F2N4O. The van der Waals surface area contributed by atoms with E-state index in [0.717, 1.165) is 96.6 Å². The molecule has 1 aliphatic rings. The summed E-state index contributed by atoms with van der Waals surface area (Å²) in [4.78, 5) is 9.66. The minimum Gasteiger partial charge on any atom is -0.457 e. The van der Waals surface area contributed by atoms with Gasteiger partial charge in [-0.2, -0.15) is 0 Å². The Kier molecular flexibility index (Phi) is 12.0. The molecule has 11 rings (SSSR count). The lowest BCUT2D eigenvalue weighted by molar-refractivity contribution is 0.483. The van der Waals surface area contributed by atoms with E-state index in [0.29, 0.717) is 18.2 Å². The summed E-state index contributed by atoms with van der Waals surface area (Å²) in [6.45, 7) is 18.2. The number of benzene rings is 8. The molecule has 0 N–H and O–H groups in total. The maximum Gasteiger partial charge on any atom is 0.137 e. The number of pyridine rings is 1. The zero-order valence-corrected chi connectivity index (χ0v) is 42.9. The van der Waals surface area contributed by atoms with Crippen LogP contribution in [-0.2, 0) is 23.7 Å². The van der Waals surface area contributed by atoms with E-state index in [1.54, 1.807) is 0 Å². The van der Waals surface area contributed by atoms with Gasteiger partial charge < -0.3 is 14.5 Å².